The van der Waals surface area contributed by atoms with Gasteiger partial charge in [0.2, 0.25) is 0 Å². The number of piperidine rings is 1. The summed E-state index contributed by atoms with van der Waals surface area (Å²) in [6.45, 7) is 8.13. The largest absolute Gasteiger partial charge is 0.351 e. The zero-order valence-corrected chi connectivity index (χ0v) is 16.1. The number of amides is 1. The topological polar surface area (TPSA) is 37.3 Å². The summed E-state index contributed by atoms with van der Waals surface area (Å²) < 4.78 is 3.89. The number of nitrogens with zero attached hydrogens (tertiary/aromatic N) is 2. The van der Waals surface area contributed by atoms with Gasteiger partial charge in [-0.15, -0.1) is 11.3 Å². The molecule has 3 heterocycles. The van der Waals surface area contributed by atoms with Crippen molar-refractivity contribution in [3.63, 3.8) is 0 Å². The number of rotatable bonds is 6. The molecule has 24 heavy (non-hydrogen) atoms. The summed E-state index contributed by atoms with van der Waals surface area (Å²) in [5.41, 5.74) is 1.79. The maximum absolute atomic E-state index is 12.5. The van der Waals surface area contributed by atoms with Gasteiger partial charge in [-0.2, -0.15) is 0 Å². The molecule has 1 saturated heterocycles. The molecule has 1 atom stereocenters. The number of hydrogen-bond acceptors (Lipinski definition) is 3. The van der Waals surface area contributed by atoms with Crippen LogP contribution in [0.5, 0.6) is 0 Å². The van der Waals surface area contributed by atoms with Crippen LogP contribution in [0.4, 0.5) is 0 Å². The molecule has 0 aromatic carbocycles. The summed E-state index contributed by atoms with van der Waals surface area (Å²) in [5.74, 6) is 0.0167. The van der Waals surface area contributed by atoms with Crippen LogP contribution in [-0.2, 0) is 6.54 Å². The van der Waals surface area contributed by atoms with E-state index in [0.717, 1.165) is 46.3 Å². The second kappa shape index (κ2) is 7.89. The first-order chi connectivity index (χ1) is 11.6. The number of carbonyl (C=O) groups is 1. The van der Waals surface area contributed by atoms with E-state index in [2.05, 4.69) is 24.1 Å². The van der Waals surface area contributed by atoms with Crippen LogP contribution in [0, 0.1) is 0 Å². The number of aryl methyl sites for hydroxylation is 1. The van der Waals surface area contributed by atoms with Gasteiger partial charge >= 0.3 is 0 Å². The highest BCUT2D eigenvalue weighted by Crippen LogP contribution is 2.32. The van der Waals surface area contributed by atoms with E-state index in [0.29, 0.717) is 6.04 Å². The molecule has 4 nitrogen and oxygen atoms in total. The lowest BCUT2D eigenvalue weighted by Gasteiger charge is -2.33. The third-order valence-corrected chi connectivity index (χ3v) is 6.16. The summed E-state index contributed by atoms with van der Waals surface area (Å²) in [6.07, 6.45) is 4.96. The Balaban J connectivity index is 1.54. The molecule has 0 bridgehead atoms. The molecular weight excluding hydrogens is 342 g/mol. The molecule has 2 aromatic rings. The smallest absolute Gasteiger partial charge is 0.267 e. The molecule has 0 spiro atoms. The summed E-state index contributed by atoms with van der Waals surface area (Å²) in [5, 5.41) is 3.08. The quantitative estimate of drug-likeness (QED) is 0.770. The van der Waals surface area contributed by atoms with E-state index >= 15 is 0 Å². The van der Waals surface area contributed by atoms with Gasteiger partial charge in [-0.05, 0) is 51.8 Å². The molecule has 132 valence electrons. The molecule has 6 heteroatoms. The Labute approximate surface area is 152 Å². The Bertz CT molecular complexity index is 708. The normalized spacial score (nSPS) is 19.0. The maximum Gasteiger partial charge on any atom is 0.267 e. The highest BCUT2D eigenvalue weighted by Gasteiger charge is 2.18. The van der Waals surface area contributed by atoms with E-state index in [-0.39, 0.29) is 5.91 Å². The minimum Gasteiger partial charge on any atom is -0.351 e. The average Bonchev–Trinajstić information content (AvgIpc) is 3.08. The van der Waals surface area contributed by atoms with Crippen molar-refractivity contribution >= 4 is 39.1 Å². The van der Waals surface area contributed by atoms with Crippen LogP contribution in [-0.4, -0.2) is 41.1 Å². The van der Waals surface area contributed by atoms with Gasteiger partial charge in [0, 0.05) is 25.7 Å². The summed E-state index contributed by atoms with van der Waals surface area (Å²) in [6, 6.07) is 4.58. The zero-order chi connectivity index (χ0) is 17.1. The summed E-state index contributed by atoms with van der Waals surface area (Å²) in [4.78, 5) is 15.1. The Kier molecular flexibility index (Phi) is 5.85. The van der Waals surface area contributed by atoms with E-state index in [1.807, 2.05) is 16.7 Å². The number of nitrogens with one attached hydrogen (secondary N) is 1. The molecule has 0 radical (unpaired) electrons. The van der Waals surface area contributed by atoms with E-state index < -0.39 is 0 Å². The SMILES string of the molecule is CCn1c(C(=O)NCCCN2CCCCC2C)cc2sc(Cl)cc21. The summed E-state index contributed by atoms with van der Waals surface area (Å²) >= 11 is 7.60. The predicted octanol–water partition coefficient (Wildman–Crippen LogP) is 4.37. The van der Waals surface area contributed by atoms with Crippen molar-refractivity contribution in [1.29, 1.82) is 0 Å². The van der Waals surface area contributed by atoms with E-state index in [1.54, 1.807) is 0 Å². The fourth-order valence-electron chi connectivity index (χ4n) is 3.60. The van der Waals surface area contributed by atoms with Gasteiger partial charge in [0.25, 0.3) is 5.91 Å². The molecule has 2 aromatic heterocycles. The van der Waals surface area contributed by atoms with Gasteiger partial charge in [-0.25, -0.2) is 0 Å². The zero-order valence-electron chi connectivity index (χ0n) is 14.5. The second-order valence-electron chi connectivity index (χ2n) is 6.56. The number of halogens is 1. The second-order valence-corrected chi connectivity index (χ2v) is 8.28. The molecule has 1 fully saturated rings. The number of thiophene rings is 1. The van der Waals surface area contributed by atoms with Crippen molar-refractivity contribution in [2.45, 2.75) is 52.1 Å². The number of likely N-dealkylation sites (tertiary alicyclic amines) is 1. The van der Waals surface area contributed by atoms with E-state index in [4.69, 9.17) is 11.6 Å². The van der Waals surface area contributed by atoms with Crippen molar-refractivity contribution in [3.05, 3.63) is 22.2 Å². The standard InChI is InChI=1S/C18H26ClN3OS/c1-3-22-14-12-17(19)24-16(14)11-15(22)18(23)20-8-6-10-21-9-5-4-7-13(21)2/h11-13H,3-10H2,1-2H3,(H,20,23). The van der Waals surface area contributed by atoms with Crippen LogP contribution >= 0.6 is 22.9 Å². The monoisotopic (exact) mass is 367 g/mol. The Morgan fingerprint density at radius 3 is 3.00 bits per heavy atom. The van der Waals surface area contributed by atoms with Gasteiger partial charge in [-0.1, -0.05) is 18.0 Å². The third-order valence-electron chi connectivity index (χ3n) is 4.96. The van der Waals surface area contributed by atoms with Crippen molar-refractivity contribution in [1.82, 2.24) is 14.8 Å². The number of aromatic nitrogens is 1. The molecule has 1 unspecified atom stereocenters. The van der Waals surface area contributed by atoms with E-state index in [9.17, 15) is 4.79 Å². The van der Waals surface area contributed by atoms with Crippen LogP contribution in [0.15, 0.2) is 12.1 Å². The molecule has 0 saturated carbocycles. The van der Waals surface area contributed by atoms with Crippen molar-refractivity contribution in [3.8, 4) is 0 Å². The molecule has 1 aliphatic rings. The van der Waals surface area contributed by atoms with Gasteiger partial charge in [-0.3, -0.25) is 4.79 Å². The Morgan fingerprint density at radius 1 is 1.42 bits per heavy atom. The number of carbonyl (C=O) groups excluding carboxylic acids is 1. The van der Waals surface area contributed by atoms with Crippen LogP contribution in [0.25, 0.3) is 10.2 Å². The Hall–Kier alpha value is -1.04. The maximum atomic E-state index is 12.5. The van der Waals surface area contributed by atoms with Crippen molar-refractivity contribution < 1.29 is 4.79 Å². The van der Waals surface area contributed by atoms with Crippen molar-refractivity contribution in [2.24, 2.45) is 0 Å². The number of hydrogen-bond donors (Lipinski definition) is 1. The van der Waals surface area contributed by atoms with Crippen LogP contribution < -0.4 is 5.32 Å². The van der Waals surface area contributed by atoms with Crippen LogP contribution in [0.2, 0.25) is 4.34 Å². The molecular formula is C18H26ClN3OS. The van der Waals surface area contributed by atoms with Gasteiger partial charge in [0.15, 0.2) is 0 Å². The lowest BCUT2D eigenvalue weighted by atomic mass is 10.0. The highest BCUT2D eigenvalue weighted by molar-refractivity contribution is 7.22. The van der Waals surface area contributed by atoms with E-state index in [1.165, 1.54) is 37.1 Å². The van der Waals surface area contributed by atoms with Gasteiger partial charge in [0.05, 0.1) is 14.6 Å². The first-order valence-corrected chi connectivity index (χ1v) is 10.1. The van der Waals surface area contributed by atoms with Gasteiger partial charge < -0.3 is 14.8 Å². The fraction of sp³-hybridized carbons (Fsp3) is 0.611. The average molecular weight is 368 g/mol. The lowest BCUT2D eigenvalue weighted by Crippen LogP contribution is -2.39. The molecule has 1 N–H and O–H groups in total. The first kappa shape index (κ1) is 17.8. The van der Waals surface area contributed by atoms with Crippen LogP contribution in [0.1, 0.15) is 50.0 Å². The molecule has 0 aliphatic carbocycles. The van der Waals surface area contributed by atoms with Crippen LogP contribution in [0.3, 0.4) is 0 Å². The Morgan fingerprint density at radius 2 is 2.25 bits per heavy atom. The third kappa shape index (κ3) is 3.79. The first-order valence-electron chi connectivity index (χ1n) is 8.91. The molecule has 1 aliphatic heterocycles. The minimum atomic E-state index is 0.0167. The highest BCUT2D eigenvalue weighted by atomic mass is 35.5. The molecule has 3 rings (SSSR count). The predicted molar refractivity (Wildman–Crippen MR) is 102 cm³/mol. The van der Waals surface area contributed by atoms with Crippen molar-refractivity contribution in [2.75, 3.05) is 19.6 Å². The summed E-state index contributed by atoms with van der Waals surface area (Å²) in [7, 11) is 0. The minimum absolute atomic E-state index is 0.0167. The lowest BCUT2D eigenvalue weighted by molar-refractivity contribution is 0.0940. The molecule has 1 amide bonds. The van der Waals surface area contributed by atoms with Gasteiger partial charge in [0.1, 0.15) is 5.69 Å². The number of fused-ring (bicyclic) bond motifs is 1. The fourth-order valence-corrected chi connectivity index (χ4v) is 4.78.